The summed E-state index contributed by atoms with van der Waals surface area (Å²) in [5, 5.41) is 3.34. The number of fused-ring (bicyclic) bond motifs is 1. The summed E-state index contributed by atoms with van der Waals surface area (Å²) in [5.74, 6) is 0.125. The fourth-order valence-electron chi connectivity index (χ4n) is 3.45. The van der Waals surface area contributed by atoms with Gasteiger partial charge in [-0.25, -0.2) is 9.98 Å². The smallest absolute Gasteiger partial charge is 0.244 e. The minimum atomic E-state index is -0.391. The van der Waals surface area contributed by atoms with Gasteiger partial charge < -0.3 is 10.1 Å². The van der Waals surface area contributed by atoms with Crippen LogP contribution < -0.4 is 15.0 Å². The molecule has 2 heterocycles. The second-order valence-corrected chi connectivity index (χ2v) is 7.68. The van der Waals surface area contributed by atoms with Crippen LogP contribution in [0, 0.1) is 6.92 Å². The number of amides is 2. The first kappa shape index (κ1) is 21.5. The highest BCUT2D eigenvalue weighted by Crippen LogP contribution is 2.32. The molecule has 0 bridgehead atoms. The number of carbonyl (C=O) groups is 2. The maximum Gasteiger partial charge on any atom is 0.244 e. The first-order chi connectivity index (χ1) is 15.5. The summed E-state index contributed by atoms with van der Waals surface area (Å²) in [4.78, 5) is 36.4. The van der Waals surface area contributed by atoms with Crippen molar-refractivity contribution in [3.05, 3.63) is 76.9 Å². The van der Waals surface area contributed by atoms with Crippen molar-refractivity contribution in [3.63, 3.8) is 0 Å². The van der Waals surface area contributed by atoms with Crippen molar-refractivity contribution in [1.82, 2.24) is 4.98 Å². The molecule has 0 atom stereocenters. The topological polar surface area (TPSA) is 83.9 Å². The van der Waals surface area contributed by atoms with Crippen molar-refractivity contribution in [2.45, 2.75) is 13.3 Å². The number of pyridine rings is 1. The van der Waals surface area contributed by atoms with E-state index in [9.17, 15) is 9.59 Å². The molecule has 2 aromatic carbocycles. The fraction of sp³-hybridized carbons (Fsp3) is 0.167. The van der Waals surface area contributed by atoms with Gasteiger partial charge in [-0.05, 0) is 36.2 Å². The predicted molar refractivity (Wildman–Crippen MR) is 125 cm³/mol. The molecular weight excluding hydrogens is 428 g/mol. The van der Waals surface area contributed by atoms with Gasteiger partial charge in [0.05, 0.1) is 24.9 Å². The highest BCUT2D eigenvalue weighted by atomic mass is 35.5. The largest absolute Gasteiger partial charge is 0.495 e. The van der Waals surface area contributed by atoms with Crippen LogP contribution in [0.25, 0.3) is 0 Å². The van der Waals surface area contributed by atoms with E-state index in [-0.39, 0.29) is 18.9 Å². The molecule has 0 aliphatic carbocycles. The molecule has 0 radical (unpaired) electrons. The number of aromatic nitrogens is 1. The van der Waals surface area contributed by atoms with Crippen molar-refractivity contribution in [1.29, 1.82) is 0 Å². The molecule has 32 heavy (non-hydrogen) atoms. The molecule has 0 saturated carbocycles. The molecule has 7 nitrogen and oxygen atoms in total. The number of hydrogen-bond donors (Lipinski definition) is 1. The molecule has 1 N–H and O–H groups in total. The Balaban J connectivity index is 1.61. The number of aliphatic imine (C=N–C) groups is 1. The second-order valence-electron chi connectivity index (χ2n) is 7.28. The van der Waals surface area contributed by atoms with E-state index in [2.05, 4.69) is 15.3 Å². The van der Waals surface area contributed by atoms with Gasteiger partial charge in [0, 0.05) is 17.3 Å². The number of aryl methyl sites for hydroxylation is 1. The quantitative estimate of drug-likeness (QED) is 0.620. The van der Waals surface area contributed by atoms with E-state index in [0.717, 1.165) is 11.1 Å². The lowest BCUT2D eigenvalue weighted by Gasteiger charge is -2.21. The number of anilines is 2. The number of rotatable bonds is 5. The number of carbonyl (C=O) groups excluding carboxylic acids is 2. The van der Waals surface area contributed by atoms with Crippen molar-refractivity contribution in [3.8, 4) is 5.75 Å². The Hall–Kier alpha value is -3.71. The maximum absolute atomic E-state index is 13.2. The van der Waals surface area contributed by atoms with Gasteiger partial charge in [-0.1, -0.05) is 41.9 Å². The summed E-state index contributed by atoms with van der Waals surface area (Å²) in [6.07, 6.45) is 1.63. The lowest BCUT2D eigenvalue weighted by Crippen LogP contribution is -2.39. The van der Waals surface area contributed by atoms with Gasteiger partial charge in [-0.3, -0.25) is 14.5 Å². The zero-order valence-electron chi connectivity index (χ0n) is 17.6. The third-order valence-electron chi connectivity index (χ3n) is 5.06. The average molecular weight is 449 g/mol. The summed E-state index contributed by atoms with van der Waals surface area (Å²) in [6.45, 7) is 1.61. The Morgan fingerprint density at radius 1 is 1.19 bits per heavy atom. The van der Waals surface area contributed by atoms with Crippen LogP contribution in [0.5, 0.6) is 5.75 Å². The summed E-state index contributed by atoms with van der Waals surface area (Å²) in [5.41, 5.74) is 3.28. The van der Waals surface area contributed by atoms with E-state index in [1.807, 2.05) is 37.3 Å². The van der Waals surface area contributed by atoms with Crippen LogP contribution in [-0.2, 0) is 9.59 Å². The number of ether oxygens (including phenoxy) is 1. The first-order valence-corrected chi connectivity index (χ1v) is 10.4. The number of nitrogens with one attached hydrogen (secondary N) is 1. The Kier molecular flexibility index (Phi) is 6.18. The number of methoxy groups -OCH3 is 1. The van der Waals surface area contributed by atoms with E-state index >= 15 is 0 Å². The molecule has 0 fully saturated rings. The molecule has 1 aliphatic rings. The Bertz CT molecular complexity index is 1210. The number of nitrogens with zero attached hydrogens (tertiary/aromatic N) is 3. The zero-order chi connectivity index (χ0) is 22.7. The minimum Gasteiger partial charge on any atom is -0.495 e. The van der Waals surface area contributed by atoms with Gasteiger partial charge >= 0.3 is 0 Å². The van der Waals surface area contributed by atoms with Gasteiger partial charge in [0.15, 0.2) is 5.82 Å². The number of benzene rings is 2. The van der Waals surface area contributed by atoms with Crippen LogP contribution in [0.4, 0.5) is 17.2 Å². The lowest BCUT2D eigenvalue weighted by atomic mass is 10.1. The van der Waals surface area contributed by atoms with Crippen LogP contribution in [-0.4, -0.2) is 36.2 Å². The van der Waals surface area contributed by atoms with Crippen molar-refractivity contribution in [2.75, 3.05) is 23.9 Å². The summed E-state index contributed by atoms with van der Waals surface area (Å²) in [7, 11) is 1.50. The van der Waals surface area contributed by atoms with Gasteiger partial charge in [-0.15, -0.1) is 0 Å². The highest BCUT2D eigenvalue weighted by Gasteiger charge is 2.28. The van der Waals surface area contributed by atoms with Gasteiger partial charge in [0.2, 0.25) is 11.8 Å². The molecule has 0 unspecified atom stereocenters. The van der Waals surface area contributed by atoms with Crippen LogP contribution >= 0.6 is 11.6 Å². The predicted octanol–water partition coefficient (Wildman–Crippen LogP) is 4.55. The Morgan fingerprint density at radius 2 is 1.97 bits per heavy atom. The van der Waals surface area contributed by atoms with Crippen molar-refractivity contribution >= 4 is 46.3 Å². The normalized spacial score (nSPS) is 13.2. The third kappa shape index (κ3) is 4.48. The number of halogens is 1. The summed E-state index contributed by atoms with van der Waals surface area (Å²) < 4.78 is 5.32. The second kappa shape index (κ2) is 9.20. The monoisotopic (exact) mass is 448 g/mol. The lowest BCUT2D eigenvalue weighted by molar-refractivity contribution is -0.120. The maximum atomic E-state index is 13.2. The molecule has 162 valence electrons. The molecule has 4 rings (SSSR count). The molecular formula is C24H21ClN4O3. The molecule has 1 aromatic heterocycles. The minimum absolute atomic E-state index is 0.0526. The molecule has 3 aromatic rings. The Morgan fingerprint density at radius 3 is 2.72 bits per heavy atom. The molecule has 0 saturated heterocycles. The zero-order valence-corrected chi connectivity index (χ0v) is 18.4. The van der Waals surface area contributed by atoms with E-state index in [0.29, 0.717) is 33.7 Å². The van der Waals surface area contributed by atoms with Gasteiger partial charge in [0.25, 0.3) is 0 Å². The fourth-order valence-corrected chi connectivity index (χ4v) is 3.60. The average Bonchev–Trinajstić information content (AvgIpc) is 2.93. The molecule has 8 heteroatoms. The van der Waals surface area contributed by atoms with Crippen LogP contribution in [0.15, 0.2) is 65.8 Å². The standard InChI is InChI=1S/C24H21ClN4O3/c1-15-11-20(21(32-2)12-17(15)25)28-22(30)14-29-23(31)13-19(16-7-4-3-5-8-16)27-18-9-6-10-26-24(18)29/h3-12H,13-14H2,1-2H3,(H,28,30). The number of hydrogen-bond acceptors (Lipinski definition) is 5. The molecule has 1 aliphatic heterocycles. The first-order valence-electron chi connectivity index (χ1n) is 9.98. The summed E-state index contributed by atoms with van der Waals surface area (Å²) in [6, 6.07) is 16.4. The Labute approximate surface area is 190 Å². The van der Waals surface area contributed by atoms with Gasteiger partial charge in [0.1, 0.15) is 18.0 Å². The van der Waals surface area contributed by atoms with Crippen LogP contribution in [0.2, 0.25) is 5.02 Å². The van der Waals surface area contributed by atoms with E-state index in [4.69, 9.17) is 16.3 Å². The van der Waals surface area contributed by atoms with E-state index < -0.39 is 5.91 Å². The van der Waals surface area contributed by atoms with E-state index in [1.54, 1.807) is 30.5 Å². The highest BCUT2D eigenvalue weighted by molar-refractivity contribution is 6.31. The molecule has 0 spiro atoms. The van der Waals surface area contributed by atoms with Crippen LogP contribution in [0.3, 0.4) is 0 Å². The van der Waals surface area contributed by atoms with E-state index in [1.165, 1.54) is 12.0 Å². The SMILES string of the molecule is COc1cc(Cl)c(C)cc1NC(=O)CN1C(=O)CC(c2ccccc2)=Nc2cccnc21. The third-order valence-corrected chi connectivity index (χ3v) is 5.47. The van der Waals surface area contributed by atoms with Crippen LogP contribution in [0.1, 0.15) is 17.5 Å². The summed E-state index contributed by atoms with van der Waals surface area (Å²) >= 11 is 6.15. The van der Waals surface area contributed by atoms with Crippen molar-refractivity contribution in [2.24, 2.45) is 4.99 Å². The van der Waals surface area contributed by atoms with Gasteiger partial charge in [-0.2, -0.15) is 0 Å². The van der Waals surface area contributed by atoms with Crippen molar-refractivity contribution < 1.29 is 14.3 Å². The molecule has 2 amide bonds.